The summed E-state index contributed by atoms with van der Waals surface area (Å²) in [6, 6.07) is 3.12. The molecule has 0 aromatic heterocycles. The summed E-state index contributed by atoms with van der Waals surface area (Å²) in [6.45, 7) is -0.126. The van der Waals surface area contributed by atoms with E-state index in [9.17, 15) is 13.6 Å². The van der Waals surface area contributed by atoms with Gasteiger partial charge >= 0.3 is 0 Å². The number of ether oxygens (including phenoxy) is 1. The minimum atomic E-state index is -1.000. The molecule has 3 nitrogen and oxygen atoms in total. The topological polar surface area (TPSA) is 38.3 Å². The minimum Gasteiger partial charge on any atom is -0.375 e. The molecule has 5 heteroatoms. The van der Waals surface area contributed by atoms with E-state index >= 15 is 0 Å². The first kappa shape index (κ1) is 10.6. The van der Waals surface area contributed by atoms with Gasteiger partial charge < -0.3 is 10.1 Å². The minimum absolute atomic E-state index is 0.126. The molecule has 0 radical (unpaired) electrons. The monoisotopic (exact) mass is 201 g/mol. The Bertz CT molecular complexity index is 342. The van der Waals surface area contributed by atoms with Crippen LogP contribution in [0.15, 0.2) is 18.2 Å². The smallest absolute Gasteiger partial charge is 0.250 e. The summed E-state index contributed by atoms with van der Waals surface area (Å²) in [6.07, 6.45) is 0. The molecule has 0 aliphatic heterocycles. The average Bonchev–Trinajstić information content (AvgIpc) is 2.12. The highest BCUT2D eigenvalue weighted by atomic mass is 19.2. The Morgan fingerprint density at radius 2 is 2.14 bits per heavy atom. The lowest BCUT2D eigenvalue weighted by Gasteiger charge is -2.04. The van der Waals surface area contributed by atoms with Crippen molar-refractivity contribution in [3.05, 3.63) is 29.8 Å². The zero-order valence-electron chi connectivity index (χ0n) is 7.51. The maximum atomic E-state index is 12.7. The number of carbonyl (C=O) groups is 1. The van der Waals surface area contributed by atoms with Crippen molar-refractivity contribution in [3.63, 3.8) is 0 Å². The third kappa shape index (κ3) is 2.77. The Balaban J connectivity index is 2.68. The standard InChI is InChI=1S/C9H9F2NO2/c1-14-5-9(13)12-6-2-3-7(10)8(11)4-6/h2-4H,5H2,1H3,(H,12,13). The Morgan fingerprint density at radius 3 is 2.71 bits per heavy atom. The quantitative estimate of drug-likeness (QED) is 0.805. The van der Waals surface area contributed by atoms with Crippen LogP contribution in [0.3, 0.4) is 0 Å². The molecule has 14 heavy (non-hydrogen) atoms. The number of methoxy groups -OCH3 is 1. The van der Waals surface area contributed by atoms with E-state index in [-0.39, 0.29) is 12.3 Å². The van der Waals surface area contributed by atoms with E-state index in [1.807, 2.05) is 0 Å². The van der Waals surface area contributed by atoms with Crippen molar-refractivity contribution in [3.8, 4) is 0 Å². The number of hydrogen-bond donors (Lipinski definition) is 1. The fourth-order valence-corrected chi connectivity index (χ4v) is 0.902. The van der Waals surface area contributed by atoms with Gasteiger partial charge in [-0.2, -0.15) is 0 Å². The molecule has 0 unspecified atom stereocenters. The molecule has 0 saturated heterocycles. The van der Waals surface area contributed by atoms with Crippen molar-refractivity contribution < 1.29 is 18.3 Å². The molecular weight excluding hydrogens is 192 g/mol. The molecule has 0 bridgehead atoms. The van der Waals surface area contributed by atoms with Gasteiger partial charge in [0.1, 0.15) is 6.61 Å². The number of carbonyl (C=O) groups excluding carboxylic acids is 1. The Morgan fingerprint density at radius 1 is 1.43 bits per heavy atom. The van der Waals surface area contributed by atoms with E-state index in [2.05, 4.69) is 10.1 Å². The van der Waals surface area contributed by atoms with Crippen molar-refractivity contribution in [2.45, 2.75) is 0 Å². The van der Waals surface area contributed by atoms with Crippen molar-refractivity contribution in [2.75, 3.05) is 19.0 Å². The Hall–Kier alpha value is -1.49. The Kier molecular flexibility index (Phi) is 3.53. The van der Waals surface area contributed by atoms with Gasteiger partial charge in [0, 0.05) is 18.9 Å². The molecule has 1 amide bonds. The van der Waals surface area contributed by atoms with Crippen LogP contribution in [0.5, 0.6) is 0 Å². The second-order valence-corrected chi connectivity index (χ2v) is 2.61. The van der Waals surface area contributed by atoms with E-state index in [0.29, 0.717) is 0 Å². The lowest BCUT2D eigenvalue weighted by atomic mass is 10.3. The summed E-state index contributed by atoms with van der Waals surface area (Å²) >= 11 is 0. The SMILES string of the molecule is COCC(=O)Nc1ccc(F)c(F)c1. The van der Waals surface area contributed by atoms with Crippen LogP contribution in [-0.2, 0) is 9.53 Å². The number of amides is 1. The molecule has 0 heterocycles. The highest BCUT2D eigenvalue weighted by molar-refractivity contribution is 5.91. The molecule has 0 aliphatic carbocycles. The lowest BCUT2D eigenvalue weighted by molar-refractivity contribution is -0.119. The zero-order chi connectivity index (χ0) is 10.6. The first-order chi connectivity index (χ1) is 6.63. The molecule has 1 rings (SSSR count). The molecule has 0 aliphatic rings. The van der Waals surface area contributed by atoms with Gasteiger partial charge in [-0.05, 0) is 12.1 Å². The molecule has 1 N–H and O–H groups in total. The van der Waals surface area contributed by atoms with Crippen LogP contribution >= 0.6 is 0 Å². The van der Waals surface area contributed by atoms with Crippen LogP contribution in [0, 0.1) is 11.6 Å². The molecule has 1 aromatic carbocycles. The van der Waals surface area contributed by atoms with Crippen molar-refractivity contribution in [1.29, 1.82) is 0 Å². The number of nitrogens with one attached hydrogen (secondary N) is 1. The van der Waals surface area contributed by atoms with Crippen LogP contribution in [0.2, 0.25) is 0 Å². The molecule has 0 atom stereocenters. The van der Waals surface area contributed by atoms with E-state index in [1.54, 1.807) is 0 Å². The van der Waals surface area contributed by atoms with Gasteiger partial charge in [-0.15, -0.1) is 0 Å². The lowest BCUT2D eigenvalue weighted by Crippen LogP contribution is -2.17. The highest BCUT2D eigenvalue weighted by Gasteiger charge is 2.05. The summed E-state index contributed by atoms with van der Waals surface area (Å²) in [4.78, 5) is 11.0. The maximum Gasteiger partial charge on any atom is 0.250 e. The third-order valence-electron chi connectivity index (χ3n) is 1.48. The first-order valence-corrected chi connectivity index (χ1v) is 3.87. The van der Waals surface area contributed by atoms with Crippen molar-refractivity contribution in [1.82, 2.24) is 0 Å². The molecule has 0 fully saturated rings. The predicted octanol–water partition coefficient (Wildman–Crippen LogP) is 1.55. The summed E-state index contributed by atoms with van der Waals surface area (Å²) in [7, 11) is 1.37. The summed E-state index contributed by atoms with van der Waals surface area (Å²) in [5.74, 6) is -2.37. The molecule has 1 aromatic rings. The number of rotatable bonds is 3. The normalized spacial score (nSPS) is 9.93. The second kappa shape index (κ2) is 4.66. The summed E-state index contributed by atoms with van der Waals surface area (Å²) in [5.41, 5.74) is 0.200. The highest BCUT2D eigenvalue weighted by Crippen LogP contribution is 2.12. The van der Waals surface area contributed by atoms with Crippen LogP contribution in [0.4, 0.5) is 14.5 Å². The number of hydrogen-bond acceptors (Lipinski definition) is 2. The second-order valence-electron chi connectivity index (χ2n) is 2.61. The summed E-state index contributed by atoms with van der Waals surface area (Å²) < 4.78 is 29.7. The third-order valence-corrected chi connectivity index (χ3v) is 1.48. The number of benzene rings is 1. The number of anilines is 1. The van der Waals surface area contributed by atoms with Crippen molar-refractivity contribution >= 4 is 11.6 Å². The van der Waals surface area contributed by atoms with E-state index in [4.69, 9.17) is 0 Å². The molecule has 76 valence electrons. The fraction of sp³-hybridized carbons (Fsp3) is 0.222. The van der Waals surface area contributed by atoms with Gasteiger partial charge in [0.15, 0.2) is 11.6 Å². The van der Waals surface area contributed by atoms with Crippen LogP contribution in [0.1, 0.15) is 0 Å². The van der Waals surface area contributed by atoms with Gasteiger partial charge in [0.05, 0.1) is 0 Å². The van der Waals surface area contributed by atoms with Gasteiger partial charge in [-0.25, -0.2) is 8.78 Å². The zero-order valence-corrected chi connectivity index (χ0v) is 7.51. The van der Waals surface area contributed by atoms with Crippen molar-refractivity contribution in [2.24, 2.45) is 0 Å². The largest absolute Gasteiger partial charge is 0.375 e. The van der Waals surface area contributed by atoms with E-state index < -0.39 is 17.5 Å². The molecule has 0 saturated carbocycles. The first-order valence-electron chi connectivity index (χ1n) is 3.87. The number of halogens is 2. The van der Waals surface area contributed by atoms with Crippen LogP contribution < -0.4 is 5.32 Å². The van der Waals surface area contributed by atoms with Gasteiger partial charge in [0.2, 0.25) is 5.91 Å². The van der Waals surface area contributed by atoms with Gasteiger partial charge in [-0.3, -0.25) is 4.79 Å². The average molecular weight is 201 g/mol. The van der Waals surface area contributed by atoms with E-state index in [1.165, 1.54) is 13.2 Å². The summed E-state index contributed by atoms with van der Waals surface area (Å²) in [5, 5.41) is 2.34. The van der Waals surface area contributed by atoms with Crippen LogP contribution in [-0.4, -0.2) is 19.6 Å². The predicted molar refractivity (Wildman–Crippen MR) is 46.9 cm³/mol. The van der Waals surface area contributed by atoms with Gasteiger partial charge in [0.25, 0.3) is 0 Å². The Labute approximate surface area is 79.7 Å². The van der Waals surface area contributed by atoms with E-state index in [0.717, 1.165) is 12.1 Å². The fourth-order valence-electron chi connectivity index (χ4n) is 0.902. The molecule has 0 spiro atoms. The molecular formula is C9H9F2NO2. The van der Waals surface area contributed by atoms with Crippen LogP contribution in [0.25, 0.3) is 0 Å². The maximum absolute atomic E-state index is 12.7. The van der Waals surface area contributed by atoms with Gasteiger partial charge in [-0.1, -0.05) is 0 Å².